The van der Waals surface area contributed by atoms with E-state index < -0.39 is 41.7 Å². The first-order valence-corrected chi connectivity index (χ1v) is 12.7. The van der Waals surface area contributed by atoms with Crippen LogP contribution in [0.4, 0.5) is 8.78 Å². The molecule has 2 amide bonds. The lowest BCUT2D eigenvalue weighted by Gasteiger charge is -2.39. The highest BCUT2D eigenvalue weighted by Gasteiger charge is 2.52. The number of furan rings is 1. The lowest BCUT2D eigenvalue weighted by Crippen LogP contribution is -2.62. The van der Waals surface area contributed by atoms with Gasteiger partial charge in [0.05, 0.1) is 18.1 Å². The average Bonchev–Trinajstić information content (AvgIpc) is 3.30. The minimum Gasteiger partial charge on any atom is -0.451 e. The molecule has 0 saturated heterocycles. The van der Waals surface area contributed by atoms with Crippen LogP contribution >= 0.6 is 0 Å². The van der Waals surface area contributed by atoms with Gasteiger partial charge < -0.3 is 15.1 Å². The van der Waals surface area contributed by atoms with Crippen LogP contribution < -0.4 is 10.6 Å². The summed E-state index contributed by atoms with van der Waals surface area (Å²) in [6.45, 7) is 0. The molecule has 0 bridgehead atoms. The van der Waals surface area contributed by atoms with E-state index in [1.165, 1.54) is 0 Å². The smallest absolute Gasteiger partial charge is 0.287 e. The van der Waals surface area contributed by atoms with Gasteiger partial charge >= 0.3 is 0 Å². The number of hydrogen-bond acceptors (Lipinski definition) is 5. The first-order chi connectivity index (χ1) is 18.7. The fraction of sp³-hybridized carbons (Fsp3) is 0.310. The van der Waals surface area contributed by atoms with E-state index in [2.05, 4.69) is 26.9 Å². The number of carbonyl (C=O) groups excluding carboxylic acids is 2. The average molecular weight is 530 g/mol. The van der Waals surface area contributed by atoms with Crippen molar-refractivity contribution < 1.29 is 22.8 Å². The van der Waals surface area contributed by atoms with Gasteiger partial charge in [-0.05, 0) is 61.1 Å². The normalized spacial score (nSPS) is 18.7. The van der Waals surface area contributed by atoms with Crippen molar-refractivity contribution in [1.29, 1.82) is 0 Å². The molecule has 39 heavy (non-hydrogen) atoms. The first kappa shape index (κ1) is 24.8. The quantitative estimate of drug-likeness (QED) is 0.355. The van der Waals surface area contributed by atoms with E-state index in [0.717, 1.165) is 16.8 Å². The Bertz CT molecular complexity index is 1590. The zero-order valence-corrected chi connectivity index (χ0v) is 20.9. The van der Waals surface area contributed by atoms with Crippen molar-refractivity contribution in [3.05, 3.63) is 66.7 Å². The summed E-state index contributed by atoms with van der Waals surface area (Å²) in [5.41, 5.74) is 0.894. The summed E-state index contributed by atoms with van der Waals surface area (Å²) in [5.74, 6) is -1.50. The number of fused-ring (bicyclic) bond motifs is 1. The van der Waals surface area contributed by atoms with Crippen LogP contribution in [0.25, 0.3) is 27.8 Å². The molecule has 0 radical (unpaired) electrons. The zero-order valence-electron chi connectivity index (χ0n) is 20.9. The highest BCUT2D eigenvalue weighted by Crippen LogP contribution is 2.41. The second-order valence-electron chi connectivity index (χ2n) is 10.3. The Morgan fingerprint density at radius 1 is 0.949 bits per heavy atom. The summed E-state index contributed by atoms with van der Waals surface area (Å²) in [6.07, 6.45) is 8.72. The summed E-state index contributed by atoms with van der Waals surface area (Å²) in [5, 5.41) is 14.0. The van der Waals surface area contributed by atoms with Gasteiger partial charge in [-0.1, -0.05) is 35.4 Å². The molecule has 2 aromatic heterocycles. The minimum absolute atomic E-state index is 0.00808. The Labute approximate surface area is 222 Å². The van der Waals surface area contributed by atoms with Crippen LogP contribution in [0, 0.1) is 12.3 Å². The Hall–Kier alpha value is -4.52. The highest BCUT2D eigenvalue weighted by molar-refractivity contribution is 6.00. The Balaban J connectivity index is 1.23. The number of nitrogens with zero attached hydrogens (tertiary/aromatic N) is 3. The van der Waals surface area contributed by atoms with Crippen LogP contribution in [0.2, 0.25) is 0 Å². The van der Waals surface area contributed by atoms with Crippen molar-refractivity contribution in [3.63, 3.8) is 0 Å². The van der Waals surface area contributed by atoms with Gasteiger partial charge in [-0.25, -0.2) is 13.5 Å². The molecule has 0 unspecified atom stereocenters. The maximum absolute atomic E-state index is 14.0. The van der Waals surface area contributed by atoms with Crippen molar-refractivity contribution in [2.24, 2.45) is 0 Å². The van der Waals surface area contributed by atoms with Crippen LogP contribution in [-0.2, 0) is 4.79 Å². The van der Waals surface area contributed by atoms with E-state index in [0.29, 0.717) is 23.8 Å². The largest absolute Gasteiger partial charge is 0.451 e. The Kier molecular flexibility index (Phi) is 5.75. The van der Waals surface area contributed by atoms with Crippen LogP contribution in [0.3, 0.4) is 0 Å². The number of aromatic nitrogens is 3. The summed E-state index contributed by atoms with van der Waals surface area (Å²) in [6, 6.07) is 14.9. The number of rotatable bonds is 6. The van der Waals surface area contributed by atoms with E-state index in [1.54, 1.807) is 23.1 Å². The third-order valence-electron chi connectivity index (χ3n) is 7.63. The molecule has 0 aliphatic heterocycles. The highest BCUT2D eigenvalue weighted by atomic mass is 19.3. The molecule has 4 aromatic rings. The monoisotopic (exact) mass is 529 g/mol. The van der Waals surface area contributed by atoms with Crippen molar-refractivity contribution in [1.82, 2.24) is 25.6 Å². The zero-order chi connectivity index (χ0) is 27.3. The second-order valence-corrected chi connectivity index (χ2v) is 10.3. The number of alkyl halides is 2. The Morgan fingerprint density at radius 3 is 2.31 bits per heavy atom. The Morgan fingerprint density at radius 2 is 1.67 bits per heavy atom. The third kappa shape index (κ3) is 4.76. The van der Waals surface area contributed by atoms with Crippen LogP contribution in [0.15, 0.2) is 65.3 Å². The van der Waals surface area contributed by atoms with Gasteiger partial charge in [0.1, 0.15) is 16.7 Å². The van der Waals surface area contributed by atoms with E-state index in [-0.39, 0.29) is 18.6 Å². The molecule has 2 N–H and O–H groups in total. The van der Waals surface area contributed by atoms with Crippen molar-refractivity contribution in [2.75, 3.05) is 0 Å². The van der Waals surface area contributed by atoms with E-state index in [1.807, 2.05) is 42.5 Å². The molecule has 0 atom stereocenters. The van der Waals surface area contributed by atoms with Crippen molar-refractivity contribution in [2.45, 2.75) is 55.5 Å². The molecular formula is C29H25F2N5O3. The van der Waals surface area contributed by atoms with Crippen LogP contribution in [-0.4, -0.2) is 43.8 Å². The van der Waals surface area contributed by atoms with E-state index in [4.69, 9.17) is 10.8 Å². The molecule has 8 nitrogen and oxygen atoms in total. The number of hydrogen-bond donors (Lipinski definition) is 2. The fourth-order valence-electron chi connectivity index (χ4n) is 4.97. The predicted molar refractivity (Wildman–Crippen MR) is 139 cm³/mol. The van der Waals surface area contributed by atoms with Gasteiger partial charge in [0.25, 0.3) is 5.91 Å². The summed E-state index contributed by atoms with van der Waals surface area (Å²) >= 11 is 0. The van der Waals surface area contributed by atoms with Crippen LogP contribution in [0.5, 0.6) is 0 Å². The van der Waals surface area contributed by atoms with E-state index >= 15 is 0 Å². The number of amides is 2. The lowest BCUT2D eigenvalue weighted by molar-refractivity contribution is -0.133. The molecular weight excluding hydrogens is 504 g/mol. The van der Waals surface area contributed by atoms with E-state index in [9.17, 15) is 18.4 Å². The van der Waals surface area contributed by atoms with Crippen LogP contribution in [0.1, 0.15) is 49.1 Å². The van der Waals surface area contributed by atoms with Gasteiger partial charge in [0.15, 0.2) is 5.76 Å². The SMILES string of the molecule is C#CC1(NC(=O)C2(NC(=O)c3cc4ccc(-c5ccc(-n6ccnn6)cc5)cc4o3)CCC(F)(F)CC2)CC1. The molecule has 2 aliphatic rings. The van der Waals surface area contributed by atoms with Crippen molar-refractivity contribution in [3.8, 4) is 29.2 Å². The molecule has 2 saturated carbocycles. The second kappa shape index (κ2) is 9.05. The summed E-state index contributed by atoms with van der Waals surface area (Å²) in [4.78, 5) is 26.6. The van der Waals surface area contributed by atoms with Gasteiger partial charge in [-0.3, -0.25) is 9.59 Å². The first-order valence-electron chi connectivity index (χ1n) is 12.7. The number of halogens is 2. The molecule has 2 fully saturated rings. The standard InChI is InChI=1S/C29H25F2N5O3/c1-2-27(9-10-27)34-26(38)28(11-13-29(30,31)14-12-28)33-25(37)24-18-21-4-3-20(17-23(21)39-24)19-5-7-22(8-6-19)36-16-15-32-35-36/h1,3-8,15-18H,9-14H2,(H,33,37)(H,34,38). The molecule has 10 heteroatoms. The number of terminal acetylenes is 1. The minimum atomic E-state index is -2.89. The number of carbonyl (C=O) groups is 2. The molecule has 198 valence electrons. The molecule has 2 aliphatic carbocycles. The molecule has 2 heterocycles. The fourth-order valence-corrected chi connectivity index (χ4v) is 4.97. The van der Waals surface area contributed by atoms with Gasteiger partial charge in [-0.15, -0.1) is 11.5 Å². The maximum Gasteiger partial charge on any atom is 0.287 e. The molecule has 2 aromatic carbocycles. The summed E-state index contributed by atoms with van der Waals surface area (Å²) in [7, 11) is 0. The number of benzene rings is 2. The number of nitrogens with one attached hydrogen (secondary N) is 2. The van der Waals surface area contributed by atoms with Gasteiger partial charge in [0, 0.05) is 18.2 Å². The van der Waals surface area contributed by atoms with Gasteiger partial charge in [0.2, 0.25) is 11.8 Å². The molecule has 6 rings (SSSR count). The lowest BCUT2D eigenvalue weighted by atomic mass is 9.78. The predicted octanol–water partition coefficient (Wildman–Crippen LogP) is 4.64. The summed E-state index contributed by atoms with van der Waals surface area (Å²) < 4.78 is 35.5. The topological polar surface area (TPSA) is 102 Å². The third-order valence-corrected chi connectivity index (χ3v) is 7.63. The molecule has 0 spiro atoms. The van der Waals surface area contributed by atoms with Gasteiger partial charge in [-0.2, -0.15) is 0 Å². The maximum atomic E-state index is 14.0. The van der Waals surface area contributed by atoms with Crippen molar-refractivity contribution >= 4 is 22.8 Å².